The summed E-state index contributed by atoms with van der Waals surface area (Å²) in [5.41, 5.74) is 0.827. The van der Waals surface area contributed by atoms with Crippen LogP contribution in [0.1, 0.15) is 5.56 Å². The highest BCUT2D eigenvalue weighted by molar-refractivity contribution is 9.10. The van der Waals surface area contributed by atoms with Crippen LogP contribution in [0.2, 0.25) is 0 Å². The molecule has 1 aromatic carbocycles. The van der Waals surface area contributed by atoms with Gasteiger partial charge in [-0.2, -0.15) is 0 Å². The molecule has 4 nitrogen and oxygen atoms in total. The van der Waals surface area contributed by atoms with E-state index in [0.29, 0.717) is 6.61 Å². The monoisotopic (exact) mass is 328 g/mol. The van der Waals surface area contributed by atoms with Crippen LogP contribution in [-0.2, 0) is 6.61 Å². The minimum absolute atomic E-state index is 0.00326. The summed E-state index contributed by atoms with van der Waals surface area (Å²) < 4.78 is 6.74. The Bertz CT molecular complexity index is 406. The van der Waals surface area contributed by atoms with E-state index in [2.05, 4.69) is 32.8 Å². The Morgan fingerprint density at radius 1 is 1.26 bits per heavy atom. The minimum atomic E-state index is 0.00326. The first-order chi connectivity index (χ1) is 9.19. The number of likely N-dealkylation sites (N-methyl/N-ethyl adjacent to an activating group) is 1. The van der Waals surface area contributed by atoms with E-state index in [9.17, 15) is 5.11 Å². The number of halogens is 1. The Balaban J connectivity index is 1.79. The first-order valence-corrected chi connectivity index (χ1v) is 7.41. The van der Waals surface area contributed by atoms with Gasteiger partial charge >= 0.3 is 0 Å². The average molecular weight is 329 g/mol. The van der Waals surface area contributed by atoms with Crippen LogP contribution in [-0.4, -0.2) is 61.3 Å². The van der Waals surface area contributed by atoms with Crippen LogP contribution >= 0.6 is 15.9 Å². The molecule has 1 saturated heterocycles. The summed E-state index contributed by atoms with van der Waals surface area (Å²) in [6, 6.07) is 5.73. The van der Waals surface area contributed by atoms with Crippen LogP contribution in [0.25, 0.3) is 0 Å². The van der Waals surface area contributed by atoms with Crippen molar-refractivity contribution in [3.63, 3.8) is 0 Å². The fourth-order valence-corrected chi connectivity index (χ4v) is 2.58. The molecule has 0 aromatic heterocycles. The van der Waals surface area contributed by atoms with E-state index in [-0.39, 0.29) is 6.61 Å². The smallest absolute Gasteiger partial charge is 0.124 e. The molecule has 0 spiro atoms. The van der Waals surface area contributed by atoms with E-state index in [1.807, 2.05) is 18.2 Å². The number of nitrogens with zero attached hydrogens (tertiary/aromatic N) is 2. The van der Waals surface area contributed by atoms with Gasteiger partial charge in [0.15, 0.2) is 0 Å². The molecule has 5 heteroatoms. The van der Waals surface area contributed by atoms with Crippen molar-refractivity contribution in [3.8, 4) is 5.75 Å². The predicted molar refractivity (Wildman–Crippen MR) is 79.5 cm³/mol. The van der Waals surface area contributed by atoms with Crippen molar-refractivity contribution in [2.75, 3.05) is 46.4 Å². The molecule has 19 heavy (non-hydrogen) atoms. The van der Waals surface area contributed by atoms with Crippen molar-refractivity contribution in [1.29, 1.82) is 0 Å². The molecule has 0 unspecified atom stereocenters. The van der Waals surface area contributed by atoms with Crippen LogP contribution in [0.5, 0.6) is 5.75 Å². The van der Waals surface area contributed by atoms with Gasteiger partial charge in [-0.1, -0.05) is 15.9 Å². The first-order valence-electron chi connectivity index (χ1n) is 6.62. The number of hydrogen-bond donors (Lipinski definition) is 1. The second kappa shape index (κ2) is 7.24. The third-order valence-electron chi connectivity index (χ3n) is 3.45. The summed E-state index contributed by atoms with van der Waals surface area (Å²) in [5.74, 6) is 0.778. The maximum absolute atomic E-state index is 9.30. The van der Waals surface area contributed by atoms with E-state index in [0.717, 1.165) is 48.5 Å². The Labute approximate surface area is 123 Å². The number of ether oxygens (including phenoxy) is 1. The topological polar surface area (TPSA) is 35.9 Å². The highest BCUT2D eigenvalue weighted by atomic mass is 79.9. The predicted octanol–water partition coefficient (Wildman–Crippen LogP) is 1.57. The summed E-state index contributed by atoms with van der Waals surface area (Å²) >= 11 is 3.39. The lowest BCUT2D eigenvalue weighted by Gasteiger charge is -2.32. The molecule has 1 heterocycles. The second-order valence-electron chi connectivity index (χ2n) is 4.90. The van der Waals surface area contributed by atoms with E-state index >= 15 is 0 Å². The molecular formula is C14H21BrN2O2. The summed E-state index contributed by atoms with van der Waals surface area (Å²) in [6.07, 6.45) is 0. The number of hydrogen-bond acceptors (Lipinski definition) is 4. The van der Waals surface area contributed by atoms with E-state index < -0.39 is 0 Å². The van der Waals surface area contributed by atoms with Gasteiger partial charge in [-0.15, -0.1) is 0 Å². The van der Waals surface area contributed by atoms with Gasteiger partial charge < -0.3 is 14.7 Å². The quantitative estimate of drug-likeness (QED) is 0.890. The molecule has 0 bridgehead atoms. The molecule has 0 radical (unpaired) electrons. The summed E-state index contributed by atoms with van der Waals surface area (Å²) in [6.45, 7) is 6.07. The van der Waals surface area contributed by atoms with Crippen LogP contribution in [0.4, 0.5) is 0 Å². The molecule has 0 atom stereocenters. The van der Waals surface area contributed by atoms with Gasteiger partial charge in [-0.25, -0.2) is 0 Å². The highest BCUT2D eigenvalue weighted by Crippen LogP contribution is 2.23. The number of aliphatic hydroxyl groups is 1. The zero-order valence-corrected chi connectivity index (χ0v) is 12.9. The van der Waals surface area contributed by atoms with Gasteiger partial charge in [-0.05, 0) is 25.2 Å². The van der Waals surface area contributed by atoms with Gasteiger partial charge in [0.2, 0.25) is 0 Å². The van der Waals surface area contributed by atoms with Crippen molar-refractivity contribution in [2.45, 2.75) is 6.61 Å². The third kappa shape index (κ3) is 4.45. The Kier molecular flexibility index (Phi) is 5.63. The van der Waals surface area contributed by atoms with Crippen molar-refractivity contribution in [1.82, 2.24) is 9.80 Å². The number of benzene rings is 1. The molecule has 2 rings (SSSR count). The zero-order valence-electron chi connectivity index (χ0n) is 11.3. The lowest BCUT2D eigenvalue weighted by molar-refractivity contribution is 0.133. The molecular weight excluding hydrogens is 308 g/mol. The lowest BCUT2D eigenvalue weighted by Crippen LogP contribution is -2.45. The second-order valence-corrected chi connectivity index (χ2v) is 5.82. The molecule has 106 valence electrons. The van der Waals surface area contributed by atoms with Gasteiger partial charge in [0, 0.05) is 42.8 Å². The summed E-state index contributed by atoms with van der Waals surface area (Å²) in [7, 11) is 2.16. The minimum Gasteiger partial charge on any atom is -0.492 e. The van der Waals surface area contributed by atoms with Gasteiger partial charge in [0.25, 0.3) is 0 Å². The maximum atomic E-state index is 9.30. The van der Waals surface area contributed by atoms with Crippen LogP contribution in [0.15, 0.2) is 22.7 Å². The van der Waals surface area contributed by atoms with Crippen molar-refractivity contribution in [2.24, 2.45) is 0 Å². The SMILES string of the molecule is CN1CCN(CCOc2ccc(Br)cc2CO)CC1. The van der Waals surface area contributed by atoms with Gasteiger partial charge in [0.05, 0.1) is 6.61 Å². The summed E-state index contributed by atoms with van der Waals surface area (Å²) in [5, 5.41) is 9.30. The van der Waals surface area contributed by atoms with Crippen LogP contribution < -0.4 is 4.74 Å². The molecule has 1 aromatic rings. The molecule has 1 aliphatic heterocycles. The standard InChI is InChI=1S/C14H21BrN2O2/c1-16-4-6-17(7-5-16)8-9-19-14-3-2-13(15)10-12(14)11-18/h2-3,10,18H,4-9,11H2,1H3. The number of piperazine rings is 1. The molecule has 1 N–H and O–H groups in total. The fourth-order valence-electron chi connectivity index (χ4n) is 2.17. The number of aliphatic hydroxyl groups excluding tert-OH is 1. The Hall–Kier alpha value is -0.620. The Morgan fingerprint density at radius 3 is 2.68 bits per heavy atom. The first kappa shape index (κ1) is 14.8. The zero-order chi connectivity index (χ0) is 13.7. The lowest BCUT2D eigenvalue weighted by atomic mass is 10.2. The van der Waals surface area contributed by atoms with E-state index in [4.69, 9.17) is 4.74 Å². The van der Waals surface area contributed by atoms with Crippen molar-refractivity contribution >= 4 is 15.9 Å². The molecule has 0 aliphatic carbocycles. The average Bonchev–Trinajstić information content (AvgIpc) is 2.42. The van der Waals surface area contributed by atoms with Crippen molar-refractivity contribution in [3.05, 3.63) is 28.2 Å². The van der Waals surface area contributed by atoms with Gasteiger partial charge in [0.1, 0.15) is 12.4 Å². The fraction of sp³-hybridized carbons (Fsp3) is 0.571. The molecule has 1 aliphatic rings. The van der Waals surface area contributed by atoms with E-state index in [1.165, 1.54) is 0 Å². The third-order valence-corrected chi connectivity index (χ3v) is 3.95. The van der Waals surface area contributed by atoms with Crippen LogP contribution in [0.3, 0.4) is 0 Å². The highest BCUT2D eigenvalue weighted by Gasteiger charge is 2.13. The molecule has 0 amide bonds. The van der Waals surface area contributed by atoms with Gasteiger partial charge in [-0.3, -0.25) is 4.90 Å². The van der Waals surface area contributed by atoms with Crippen LogP contribution in [0, 0.1) is 0 Å². The molecule has 0 saturated carbocycles. The maximum Gasteiger partial charge on any atom is 0.124 e. The molecule has 1 fully saturated rings. The Morgan fingerprint density at radius 2 is 2.00 bits per heavy atom. The van der Waals surface area contributed by atoms with Crippen molar-refractivity contribution < 1.29 is 9.84 Å². The number of rotatable bonds is 5. The normalized spacial score (nSPS) is 17.6. The summed E-state index contributed by atoms with van der Waals surface area (Å²) in [4.78, 5) is 4.76. The van der Waals surface area contributed by atoms with E-state index in [1.54, 1.807) is 0 Å². The largest absolute Gasteiger partial charge is 0.492 e.